The molecule has 0 radical (unpaired) electrons. The van der Waals surface area contributed by atoms with E-state index in [0.29, 0.717) is 11.1 Å². The molecule has 2 aromatic carbocycles. The molecule has 0 aliphatic heterocycles. The Morgan fingerprint density at radius 3 is 2.45 bits per heavy atom. The van der Waals surface area contributed by atoms with Crippen molar-refractivity contribution < 1.29 is 29.3 Å². The number of carbonyl (C=O) groups is 3. The van der Waals surface area contributed by atoms with Crippen LogP contribution in [0.25, 0.3) is 0 Å². The highest BCUT2D eigenvalue weighted by atomic mass is 16.5. The van der Waals surface area contributed by atoms with Gasteiger partial charge in [0.05, 0.1) is 24.2 Å². The van der Waals surface area contributed by atoms with Crippen molar-refractivity contribution in [2.75, 3.05) is 6.54 Å². The number of amides is 2. The first kappa shape index (κ1) is 23.4. The number of hydrogen-bond donors (Lipinski definition) is 4. The Morgan fingerprint density at radius 2 is 1.77 bits per heavy atom. The average molecular weight is 425 g/mol. The van der Waals surface area contributed by atoms with Crippen molar-refractivity contribution >= 4 is 18.0 Å². The number of benzene rings is 2. The van der Waals surface area contributed by atoms with Gasteiger partial charge in [0.1, 0.15) is 12.6 Å². The van der Waals surface area contributed by atoms with Crippen LogP contribution < -0.4 is 10.6 Å². The zero-order valence-corrected chi connectivity index (χ0v) is 16.7. The summed E-state index contributed by atoms with van der Waals surface area (Å²) in [5, 5.41) is 32.9. The number of aliphatic hydroxyl groups is 1. The fourth-order valence-electron chi connectivity index (χ4n) is 2.72. The number of nitrogens with one attached hydrogen (secondary N) is 2. The van der Waals surface area contributed by atoms with E-state index >= 15 is 0 Å². The lowest BCUT2D eigenvalue weighted by Gasteiger charge is -2.17. The lowest BCUT2D eigenvalue weighted by atomic mass is 10.0. The monoisotopic (exact) mass is 425 g/mol. The number of ether oxygens (including phenoxy) is 1. The van der Waals surface area contributed by atoms with Gasteiger partial charge in [0.25, 0.3) is 0 Å². The molecule has 162 valence electrons. The van der Waals surface area contributed by atoms with Crippen LogP contribution in [0.3, 0.4) is 0 Å². The Morgan fingerprint density at radius 1 is 1.06 bits per heavy atom. The van der Waals surface area contributed by atoms with Gasteiger partial charge >= 0.3 is 12.1 Å². The second-order valence-corrected chi connectivity index (χ2v) is 6.78. The maximum Gasteiger partial charge on any atom is 0.407 e. The highest BCUT2D eigenvalue weighted by molar-refractivity contribution is 5.84. The maximum absolute atomic E-state index is 12.1. The first-order valence-electron chi connectivity index (χ1n) is 9.51. The van der Waals surface area contributed by atoms with E-state index in [2.05, 4.69) is 10.6 Å². The van der Waals surface area contributed by atoms with Gasteiger partial charge in [0, 0.05) is 13.0 Å². The number of nitrogens with zero attached hydrogens (tertiary/aromatic N) is 1. The minimum Gasteiger partial charge on any atom is -0.480 e. The summed E-state index contributed by atoms with van der Waals surface area (Å²) < 4.78 is 5.00. The topological polar surface area (TPSA) is 149 Å². The van der Waals surface area contributed by atoms with E-state index in [1.54, 1.807) is 36.4 Å². The minimum absolute atomic E-state index is 0.0171. The molecule has 2 aromatic rings. The van der Waals surface area contributed by atoms with Crippen molar-refractivity contribution in [3.8, 4) is 6.07 Å². The maximum atomic E-state index is 12.1. The molecule has 2 atom stereocenters. The minimum atomic E-state index is -1.24. The number of carbonyl (C=O) groups excluding carboxylic acids is 2. The second kappa shape index (κ2) is 11.9. The number of aliphatic carboxylic acids is 1. The normalized spacial score (nSPS) is 12.1. The van der Waals surface area contributed by atoms with Gasteiger partial charge in [-0.05, 0) is 23.3 Å². The molecule has 0 unspecified atom stereocenters. The Labute approximate surface area is 179 Å². The third kappa shape index (κ3) is 8.55. The Kier molecular flexibility index (Phi) is 9.01. The van der Waals surface area contributed by atoms with Gasteiger partial charge in [-0.1, -0.05) is 42.5 Å². The molecule has 0 saturated heterocycles. The van der Waals surface area contributed by atoms with Crippen LogP contribution in [-0.2, 0) is 27.4 Å². The number of nitriles is 1. The van der Waals surface area contributed by atoms with Gasteiger partial charge in [0.15, 0.2) is 0 Å². The molecule has 0 aromatic heterocycles. The van der Waals surface area contributed by atoms with Crippen molar-refractivity contribution in [1.82, 2.24) is 10.6 Å². The third-order valence-electron chi connectivity index (χ3n) is 4.25. The highest BCUT2D eigenvalue weighted by Gasteiger charge is 2.22. The zero-order valence-electron chi connectivity index (χ0n) is 16.7. The van der Waals surface area contributed by atoms with Crippen LogP contribution in [0.5, 0.6) is 0 Å². The largest absolute Gasteiger partial charge is 0.480 e. The summed E-state index contributed by atoms with van der Waals surface area (Å²) in [5.74, 6) is -1.93. The third-order valence-corrected chi connectivity index (χ3v) is 4.25. The average Bonchev–Trinajstić information content (AvgIpc) is 2.76. The van der Waals surface area contributed by atoms with Crippen LogP contribution in [0.1, 0.15) is 23.1 Å². The first-order valence-corrected chi connectivity index (χ1v) is 9.51. The molecule has 0 heterocycles. The predicted octanol–water partition coefficient (Wildman–Crippen LogP) is 1.35. The molecule has 0 aliphatic carbocycles. The lowest BCUT2D eigenvalue weighted by molar-refractivity contribution is -0.142. The van der Waals surface area contributed by atoms with E-state index in [1.807, 2.05) is 24.3 Å². The Bertz CT molecular complexity index is 942. The molecule has 0 saturated carbocycles. The van der Waals surface area contributed by atoms with Crippen molar-refractivity contribution in [2.24, 2.45) is 0 Å². The second-order valence-electron chi connectivity index (χ2n) is 6.78. The van der Waals surface area contributed by atoms with Gasteiger partial charge in [-0.2, -0.15) is 5.26 Å². The van der Waals surface area contributed by atoms with Crippen molar-refractivity contribution in [2.45, 2.75) is 31.6 Å². The van der Waals surface area contributed by atoms with Gasteiger partial charge < -0.3 is 25.6 Å². The summed E-state index contributed by atoms with van der Waals surface area (Å²) in [6.07, 6.45) is -2.39. The summed E-state index contributed by atoms with van der Waals surface area (Å²) >= 11 is 0. The fourth-order valence-corrected chi connectivity index (χ4v) is 2.72. The first-order chi connectivity index (χ1) is 14.9. The molecule has 0 bridgehead atoms. The SMILES string of the molecule is N#Cc1cccc(C[C@H](NC(=O)C[C@H](O)CNC(=O)OCc2ccccc2)C(=O)O)c1. The number of carboxylic acids is 1. The Hall–Kier alpha value is -3.90. The molecular weight excluding hydrogens is 402 g/mol. The molecule has 0 fully saturated rings. The van der Waals surface area contributed by atoms with E-state index in [4.69, 9.17) is 10.00 Å². The summed E-state index contributed by atoms with van der Waals surface area (Å²) in [5.41, 5.74) is 1.77. The molecule has 9 heteroatoms. The predicted molar refractivity (Wildman–Crippen MR) is 110 cm³/mol. The smallest absolute Gasteiger partial charge is 0.407 e. The van der Waals surface area contributed by atoms with Gasteiger partial charge in [0.2, 0.25) is 5.91 Å². The van der Waals surface area contributed by atoms with E-state index < -0.39 is 36.5 Å². The summed E-state index contributed by atoms with van der Waals surface area (Å²) in [6.45, 7) is -0.167. The molecule has 0 spiro atoms. The van der Waals surface area contributed by atoms with Crippen molar-refractivity contribution in [3.05, 3.63) is 71.3 Å². The standard InChI is InChI=1S/C22H23N3O6/c23-12-17-8-4-7-16(9-17)10-19(21(28)29)25-20(27)11-18(26)13-24-22(30)31-14-15-5-2-1-3-6-15/h1-9,18-19,26H,10-11,13-14H2,(H,24,30)(H,25,27)(H,28,29)/t18-,19-/m0/s1. The summed E-state index contributed by atoms with van der Waals surface area (Å²) in [4.78, 5) is 35.3. The molecule has 0 aliphatic rings. The Balaban J connectivity index is 1.76. The van der Waals surface area contributed by atoms with Crippen molar-refractivity contribution in [1.29, 1.82) is 5.26 Å². The molecule has 2 rings (SSSR count). The van der Waals surface area contributed by atoms with E-state index in [-0.39, 0.29) is 19.6 Å². The lowest BCUT2D eigenvalue weighted by Crippen LogP contribution is -2.44. The van der Waals surface area contributed by atoms with E-state index in [0.717, 1.165) is 5.56 Å². The molecule has 9 nitrogen and oxygen atoms in total. The van der Waals surface area contributed by atoms with Crippen molar-refractivity contribution in [3.63, 3.8) is 0 Å². The highest BCUT2D eigenvalue weighted by Crippen LogP contribution is 2.08. The van der Waals surface area contributed by atoms with E-state index in [1.165, 1.54) is 0 Å². The van der Waals surface area contributed by atoms with Crippen LogP contribution in [0, 0.1) is 11.3 Å². The number of alkyl carbamates (subject to hydrolysis) is 1. The van der Waals surface area contributed by atoms with Crippen LogP contribution >= 0.6 is 0 Å². The van der Waals surface area contributed by atoms with Crippen LogP contribution in [0.4, 0.5) is 4.79 Å². The van der Waals surface area contributed by atoms with Crippen LogP contribution in [0.15, 0.2) is 54.6 Å². The van der Waals surface area contributed by atoms with Crippen LogP contribution in [-0.4, -0.2) is 46.9 Å². The van der Waals surface area contributed by atoms with Crippen LogP contribution in [0.2, 0.25) is 0 Å². The summed E-state index contributed by atoms with van der Waals surface area (Å²) in [6, 6.07) is 16.2. The number of aliphatic hydroxyl groups excluding tert-OH is 1. The van der Waals surface area contributed by atoms with Gasteiger partial charge in [-0.15, -0.1) is 0 Å². The number of carboxylic acid groups (broad SMARTS) is 1. The van der Waals surface area contributed by atoms with E-state index in [9.17, 15) is 24.6 Å². The molecule has 31 heavy (non-hydrogen) atoms. The quantitative estimate of drug-likeness (QED) is 0.449. The molecule has 4 N–H and O–H groups in total. The fraction of sp³-hybridized carbons (Fsp3) is 0.273. The zero-order chi connectivity index (χ0) is 22.6. The molecule has 2 amide bonds. The van der Waals surface area contributed by atoms with Gasteiger partial charge in [-0.3, -0.25) is 4.79 Å². The number of hydrogen-bond acceptors (Lipinski definition) is 6. The number of rotatable bonds is 10. The summed E-state index contributed by atoms with van der Waals surface area (Å²) in [7, 11) is 0. The molecular formula is C22H23N3O6. The van der Waals surface area contributed by atoms with Gasteiger partial charge in [-0.25, -0.2) is 9.59 Å².